The van der Waals surface area contributed by atoms with Gasteiger partial charge in [-0.15, -0.1) is 0 Å². The van der Waals surface area contributed by atoms with Gasteiger partial charge in [-0.3, -0.25) is 4.79 Å². The van der Waals surface area contributed by atoms with Gasteiger partial charge in [0.1, 0.15) is 0 Å². The number of amides is 1. The van der Waals surface area contributed by atoms with Gasteiger partial charge in [-0.2, -0.15) is 4.31 Å². The predicted octanol–water partition coefficient (Wildman–Crippen LogP) is 1.20. The number of hydrogen-bond acceptors (Lipinski definition) is 4. The van der Waals surface area contributed by atoms with Crippen molar-refractivity contribution in [2.24, 2.45) is 11.7 Å². The van der Waals surface area contributed by atoms with Crippen molar-refractivity contribution in [1.82, 2.24) is 9.21 Å². The minimum atomic E-state index is -3.48. The maximum atomic E-state index is 12.7. The highest BCUT2D eigenvalue weighted by Gasteiger charge is 2.33. The van der Waals surface area contributed by atoms with Crippen LogP contribution in [0.5, 0.6) is 0 Å². The minimum absolute atomic E-state index is 0.00757. The predicted molar refractivity (Wildman–Crippen MR) is 93.9 cm³/mol. The molecule has 0 saturated carbocycles. The summed E-state index contributed by atoms with van der Waals surface area (Å²) in [6.07, 6.45) is 1.09. The number of benzene rings is 1. The molecule has 2 N–H and O–H groups in total. The topological polar surface area (TPSA) is 83.7 Å². The number of carbonyl (C=O) groups is 1. The molecule has 0 radical (unpaired) electrons. The zero-order valence-electron chi connectivity index (χ0n) is 14.6. The van der Waals surface area contributed by atoms with Crippen LogP contribution in [0.3, 0.4) is 0 Å². The van der Waals surface area contributed by atoms with Gasteiger partial charge < -0.3 is 10.6 Å². The monoisotopic (exact) mass is 353 g/mol. The van der Waals surface area contributed by atoms with Crippen LogP contribution in [0.4, 0.5) is 0 Å². The van der Waals surface area contributed by atoms with E-state index in [1.54, 1.807) is 36.2 Å². The van der Waals surface area contributed by atoms with Crippen molar-refractivity contribution in [2.45, 2.75) is 37.6 Å². The van der Waals surface area contributed by atoms with Crippen LogP contribution in [-0.2, 0) is 14.8 Å². The molecule has 7 heteroatoms. The molecule has 6 nitrogen and oxygen atoms in total. The molecule has 1 aliphatic rings. The molecular formula is C17H27N3O3S. The largest absolute Gasteiger partial charge is 0.342 e. The number of nitrogens with two attached hydrogens (primary N) is 1. The van der Waals surface area contributed by atoms with Crippen LogP contribution in [0.2, 0.25) is 0 Å². The second-order valence-corrected chi connectivity index (χ2v) is 8.46. The molecule has 0 bridgehead atoms. The minimum Gasteiger partial charge on any atom is -0.342 e. The molecule has 0 aromatic heterocycles. The zero-order chi connectivity index (χ0) is 17.9. The molecule has 1 aromatic carbocycles. The van der Waals surface area contributed by atoms with Crippen molar-refractivity contribution < 1.29 is 13.2 Å². The Balaban J connectivity index is 2.02. The van der Waals surface area contributed by atoms with E-state index in [0.717, 1.165) is 5.56 Å². The van der Waals surface area contributed by atoms with Crippen molar-refractivity contribution >= 4 is 15.9 Å². The van der Waals surface area contributed by atoms with E-state index >= 15 is 0 Å². The number of nitrogens with zero attached hydrogens (tertiary/aromatic N) is 2. The molecule has 2 rings (SSSR count). The number of sulfonamides is 1. The molecule has 1 heterocycles. The third kappa shape index (κ3) is 3.96. The molecule has 1 amide bonds. The fraction of sp³-hybridized carbons (Fsp3) is 0.588. The Morgan fingerprint density at radius 1 is 1.29 bits per heavy atom. The smallest absolute Gasteiger partial charge is 0.243 e. The van der Waals surface area contributed by atoms with Gasteiger partial charge in [-0.05, 0) is 38.8 Å². The number of aryl methyl sites for hydroxylation is 1. The summed E-state index contributed by atoms with van der Waals surface area (Å²) < 4.78 is 26.8. The summed E-state index contributed by atoms with van der Waals surface area (Å²) in [5.74, 6) is -0.0752. The first-order valence-corrected chi connectivity index (χ1v) is 9.75. The van der Waals surface area contributed by atoms with E-state index in [0.29, 0.717) is 37.4 Å². The summed E-state index contributed by atoms with van der Waals surface area (Å²) in [5, 5.41) is 0. The average Bonchev–Trinajstić information content (AvgIpc) is 2.60. The van der Waals surface area contributed by atoms with E-state index in [9.17, 15) is 13.2 Å². The van der Waals surface area contributed by atoms with E-state index in [2.05, 4.69) is 0 Å². The highest BCUT2D eigenvalue weighted by Crippen LogP contribution is 2.25. The van der Waals surface area contributed by atoms with Crippen LogP contribution in [0.1, 0.15) is 25.3 Å². The summed E-state index contributed by atoms with van der Waals surface area (Å²) in [7, 11) is -1.72. The molecule has 24 heavy (non-hydrogen) atoms. The second kappa shape index (κ2) is 7.63. The second-order valence-electron chi connectivity index (χ2n) is 6.53. The van der Waals surface area contributed by atoms with E-state index in [4.69, 9.17) is 5.73 Å². The van der Waals surface area contributed by atoms with Crippen molar-refractivity contribution in [3.63, 3.8) is 0 Å². The Bertz CT molecular complexity index is 665. The normalized spacial score (nSPS) is 18.3. The number of piperidine rings is 1. The van der Waals surface area contributed by atoms with Gasteiger partial charge >= 0.3 is 0 Å². The molecule has 1 atom stereocenters. The van der Waals surface area contributed by atoms with Crippen LogP contribution >= 0.6 is 0 Å². The Morgan fingerprint density at radius 2 is 1.83 bits per heavy atom. The lowest BCUT2D eigenvalue weighted by Gasteiger charge is -2.34. The number of hydrogen-bond donors (Lipinski definition) is 1. The van der Waals surface area contributed by atoms with Crippen LogP contribution in [0.25, 0.3) is 0 Å². The Labute approximate surface area is 144 Å². The number of rotatable bonds is 5. The third-order valence-electron chi connectivity index (χ3n) is 4.81. The lowest BCUT2D eigenvalue weighted by atomic mass is 9.96. The van der Waals surface area contributed by atoms with Crippen LogP contribution in [-0.4, -0.2) is 56.3 Å². The Hall–Kier alpha value is -1.44. The lowest BCUT2D eigenvalue weighted by Crippen LogP contribution is -2.47. The van der Waals surface area contributed by atoms with Crippen LogP contribution in [0.15, 0.2) is 29.2 Å². The summed E-state index contributed by atoms with van der Waals surface area (Å²) in [5.41, 5.74) is 6.64. The maximum Gasteiger partial charge on any atom is 0.243 e. The number of likely N-dealkylation sites (N-methyl/N-ethyl adjacent to an activating group) is 1. The van der Waals surface area contributed by atoms with Gasteiger partial charge in [0.15, 0.2) is 0 Å². The molecule has 1 unspecified atom stereocenters. The molecule has 1 aliphatic heterocycles. The van der Waals surface area contributed by atoms with Crippen molar-refractivity contribution in [1.29, 1.82) is 0 Å². The Kier molecular flexibility index (Phi) is 6.01. The molecule has 0 aliphatic carbocycles. The standard InChI is InChI=1S/C17H27N3O3S/c1-13-4-6-16(7-5-13)24(22,23)20-10-8-15(9-11-20)17(21)19(3)14(2)12-18/h4-7,14-15H,8-12,18H2,1-3H3. The van der Waals surface area contributed by atoms with E-state index in [1.807, 2.05) is 13.8 Å². The molecule has 0 spiro atoms. The lowest BCUT2D eigenvalue weighted by molar-refractivity contribution is -0.137. The summed E-state index contributed by atoms with van der Waals surface area (Å²) >= 11 is 0. The SMILES string of the molecule is Cc1ccc(S(=O)(=O)N2CCC(C(=O)N(C)C(C)CN)CC2)cc1. The van der Waals surface area contributed by atoms with Crippen LogP contribution < -0.4 is 5.73 Å². The van der Waals surface area contributed by atoms with Crippen molar-refractivity contribution in [3.8, 4) is 0 Å². The molecular weight excluding hydrogens is 326 g/mol. The van der Waals surface area contributed by atoms with Gasteiger partial charge in [-0.1, -0.05) is 17.7 Å². The summed E-state index contributed by atoms with van der Waals surface area (Å²) in [4.78, 5) is 14.5. The van der Waals surface area contributed by atoms with Gasteiger partial charge in [0.25, 0.3) is 0 Å². The van der Waals surface area contributed by atoms with Gasteiger partial charge in [0.05, 0.1) is 4.90 Å². The van der Waals surface area contributed by atoms with Gasteiger partial charge in [-0.25, -0.2) is 8.42 Å². The molecule has 1 fully saturated rings. The first-order valence-electron chi connectivity index (χ1n) is 8.31. The number of carbonyl (C=O) groups excluding carboxylic acids is 1. The van der Waals surface area contributed by atoms with Gasteiger partial charge in [0, 0.05) is 38.6 Å². The van der Waals surface area contributed by atoms with Gasteiger partial charge in [0.2, 0.25) is 15.9 Å². The molecule has 134 valence electrons. The third-order valence-corrected chi connectivity index (χ3v) is 6.72. The van der Waals surface area contributed by atoms with Crippen molar-refractivity contribution in [2.75, 3.05) is 26.7 Å². The van der Waals surface area contributed by atoms with Crippen molar-refractivity contribution in [3.05, 3.63) is 29.8 Å². The fourth-order valence-electron chi connectivity index (χ4n) is 2.87. The van der Waals surface area contributed by atoms with Crippen LogP contribution in [0, 0.1) is 12.8 Å². The average molecular weight is 353 g/mol. The Morgan fingerprint density at radius 3 is 2.33 bits per heavy atom. The van der Waals surface area contributed by atoms with E-state index in [-0.39, 0.29) is 17.9 Å². The first kappa shape index (κ1) is 18.9. The summed E-state index contributed by atoms with van der Waals surface area (Å²) in [6.45, 7) is 5.00. The maximum absolute atomic E-state index is 12.7. The summed E-state index contributed by atoms with van der Waals surface area (Å²) in [6, 6.07) is 6.86. The molecule has 1 saturated heterocycles. The zero-order valence-corrected chi connectivity index (χ0v) is 15.4. The first-order chi connectivity index (χ1) is 11.3. The quantitative estimate of drug-likeness (QED) is 0.862. The highest BCUT2D eigenvalue weighted by molar-refractivity contribution is 7.89. The fourth-order valence-corrected chi connectivity index (χ4v) is 4.34. The van der Waals surface area contributed by atoms with E-state index < -0.39 is 10.0 Å². The van der Waals surface area contributed by atoms with E-state index in [1.165, 1.54) is 4.31 Å². The molecule has 1 aromatic rings. The highest BCUT2D eigenvalue weighted by atomic mass is 32.2.